The molecule has 0 saturated heterocycles. The predicted molar refractivity (Wildman–Crippen MR) is 104 cm³/mol. The van der Waals surface area contributed by atoms with Crippen LogP contribution in [-0.2, 0) is 5.67 Å². The minimum atomic E-state index is -6.40. The zero-order chi connectivity index (χ0) is 25.4. The first-order valence-electron chi connectivity index (χ1n) is 8.34. The molecule has 0 saturated carbocycles. The van der Waals surface area contributed by atoms with Gasteiger partial charge in [-0.2, -0.15) is 26.3 Å². The van der Waals surface area contributed by atoms with Crippen molar-refractivity contribution < 1.29 is 50.2 Å². The Hall–Kier alpha value is -2.93. The summed E-state index contributed by atoms with van der Waals surface area (Å²) in [7, 11) is 1.10. The number of hydrogen-bond acceptors (Lipinski definition) is 3. The van der Waals surface area contributed by atoms with Crippen LogP contribution in [0.2, 0.25) is 10.0 Å². The summed E-state index contributed by atoms with van der Waals surface area (Å²) in [6.07, 6.45) is -14.3. The summed E-state index contributed by atoms with van der Waals surface area (Å²) >= 11 is 11.4. The molecule has 3 N–H and O–H groups in total. The summed E-state index contributed by atoms with van der Waals surface area (Å²) in [4.78, 5) is 23.5. The minimum Gasteiger partial charge on any atom is -0.494 e. The lowest BCUT2D eigenvalue weighted by Gasteiger charge is -2.30. The van der Waals surface area contributed by atoms with Gasteiger partial charge in [-0.15, -0.1) is 0 Å². The second-order valence-corrected chi connectivity index (χ2v) is 7.05. The number of hydrogen-bond donors (Lipinski definition) is 3. The molecule has 0 bridgehead atoms. The number of carbonyl (C=O) groups excluding carboxylic acids is 1. The summed E-state index contributed by atoms with van der Waals surface area (Å²) in [5.74, 6) is -1.34. The Labute approximate surface area is 190 Å². The van der Waals surface area contributed by atoms with Gasteiger partial charge in [-0.3, -0.25) is 10.1 Å². The third-order valence-electron chi connectivity index (χ3n) is 4.17. The lowest BCUT2D eigenvalue weighted by Crippen LogP contribution is -2.50. The number of ether oxygens (including phenoxy) is 1. The van der Waals surface area contributed by atoms with E-state index in [9.17, 15) is 40.3 Å². The molecule has 0 heterocycles. The lowest BCUT2D eigenvalue weighted by atomic mass is 9.94. The number of carboxylic acid groups (broad SMARTS) is 1. The Morgan fingerprint density at radius 3 is 1.88 bits per heavy atom. The first-order valence-corrected chi connectivity index (χ1v) is 9.10. The van der Waals surface area contributed by atoms with Gasteiger partial charge in [-0.05, 0) is 24.3 Å². The largest absolute Gasteiger partial charge is 0.494 e. The number of carbonyl (C=O) groups is 2. The quantitative estimate of drug-likeness (QED) is 0.384. The third-order valence-corrected chi connectivity index (χ3v) is 4.76. The highest BCUT2D eigenvalue weighted by molar-refractivity contribution is 6.40. The van der Waals surface area contributed by atoms with Gasteiger partial charge in [0, 0.05) is 5.56 Å². The molecule has 33 heavy (non-hydrogen) atoms. The summed E-state index contributed by atoms with van der Waals surface area (Å²) in [5, 5.41) is 11.0. The van der Waals surface area contributed by atoms with Crippen molar-refractivity contribution in [1.29, 1.82) is 0 Å². The second-order valence-electron chi connectivity index (χ2n) is 6.24. The van der Waals surface area contributed by atoms with Crippen LogP contribution in [0.15, 0.2) is 30.3 Å². The summed E-state index contributed by atoms with van der Waals surface area (Å²) in [5.41, 5.74) is -8.80. The van der Waals surface area contributed by atoms with Crippen LogP contribution in [0, 0.1) is 0 Å². The number of rotatable bonds is 5. The van der Waals surface area contributed by atoms with E-state index >= 15 is 0 Å². The second kappa shape index (κ2) is 9.14. The first kappa shape index (κ1) is 26.3. The first-order chi connectivity index (χ1) is 15.0. The zero-order valence-electron chi connectivity index (χ0n) is 16.0. The van der Waals surface area contributed by atoms with Crippen LogP contribution < -0.4 is 15.4 Å². The van der Waals surface area contributed by atoms with E-state index in [1.54, 1.807) is 0 Å². The maximum Gasteiger partial charge on any atom is 0.435 e. The highest BCUT2D eigenvalue weighted by Gasteiger charge is 2.73. The molecule has 0 aliphatic rings. The fourth-order valence-corrected chi connectivity index (χ4v) is 3.29. The average Bonchev–Trinajstić information content (AvgIpc) is 2.67. The Morgan fingerprint density at radius 2 is 1.45 bits per heavy atom. The lowest BCUT2D eigenvalue weighted by molar-refractivity contribution is -0.348. The Balaban J connectivity index is 2.52. The molecule has 0 atom stereocenters. The average molecular weight is 523 g/mol. The van der Waals surface area contributed by atoms with Gasteiger partial charge >= 0.3 is 24.1 Å². The van der Waals surface area contributed by atoms with Crippen LogP contribution in [0.25, 0.3) is 0 Å². The van der Waals surface area contributed by atoms with Crippen LogP contribution in [0.3, 0.4) is 0 Å². The molecular formula is C18H11Cl2F7N2O4. The highest BCUT2D eigenvalue weighted by atomic mass is 35.5. The molecule has 0 unspecified atom stereocenters. The maximum atomic E-state index is 14.3. The molecule has 180 valence electrons. The van der Waals surface area contributed by atoms with Gasteiger partial charge in [-0.25, -0.2) is 9.18 Å². The van der Waals surface area contributed by atoms with Crippen molar-refractivity contribution in [3.63, 3.8) is 0 Å². The minimum absolute atomic E-state index is 0.0314. The van der Waals surface area contributed by atoms with Crippen molar-refractivity contribution in [2.24, 2.45) is 0 Å². The number of nitrogens with one attached hydrogen (secondary N) is 2. The van der Waals surface area contributed by atoms with Gasteiger partial charge in [0.15, 0.2) is 5.75 Å². The van der Waals surface area contributed by atoms with Crippen molar-refractivity contribution >= 4 is 46.6 Å². The molecule has 0 radical (unpaired) electrons. The zero-order valence-corrected chi connectivity index (χ0v) is 17.5. The molecule has 0 aromatic heterocycles. The number of anilines is 2. The van der Waals surface area contributed by atoms with E-state index in [0.717, 1.165) is 13.2 Å². The van der Waals surface area contributed by atoms with Gasteiger partial charge in [0.05, 0.1) is 34.1 Å². The number of para-hydroxylation sites is 1. The molecule has 2 amide bonds. The van der Waals surface area contributed by atoms with E-state index in [4.69, 9.17) is 33.0 Å². The van der Waals surface area contributed by atoms with Crippen LogP contribution in [-0.4, -0.2) is 36.6 Å². The van der Waals surface area contributed by atoms with E-state index in [1.807, 2.05) is 5.32 Å². The molecule has 0 spiro atoms. The topological polar surface area (TPSA) is 87.7 Å². The van der Waals surface area contributed by atoms with Gasteiger partial charge in [0.1, 0.15) is 0 Å². The third kappa shape index (κ3) is 5.03. The Bertz CT molecular complexity index is 1050. The van der Waals surface area contributed by atoms with Crippen molar-refractivity contribution in [2.45, 2.75) is 18.0 Å². The molecule has 2 aromatic carbocycles. The molecule has 15 heteroatoms. The van der Waals surface area contributed by atoms with Crippen LogP contribution in [0.1, 0.15) is 15.9 Å². The normalized spacial score (nSPS) is 12.3. The number of alkyl halides is 7. The van der Waals surface area contributed by atoms with E-state index in [0.29, 0.717) is 0 Å². The van der Waals surface area contributed by atoms with Gasteiger partial charge in [0.2, 0.25) is 0 Å². The van der Waals surface area contributed by atoms with E-state index in [1.165, 1.54) is 12.1 Å². The standard InChI is InChI=1S/C18H11Cl2F7N2O4/c1-33-13-8(3-2-4-11(13)28-15(31)32)14(30)29-12-9(19)5-7(6-10(12)20)16(21,17(22,23)24)18(25,26)27/h2-6,28H,1H3,(H,29,30)(H,31,32). The number of halogens is 9. The SMILES string of the molecule is COc1c(NC(=O)O)cccc1C(=O)Nc1c(Cl)cc(C(F)(C(F)(F)F)C(F)(F)F)cc1Cl. The highest BCUT2D eigenvalue weighted by Crippen LogP contribution is 2.54. The summed E-state index contributed by atoms with van der Waals surface area (Å²) < 4.78 is 97.1. The smallest absolute Gasteiger partial charge is 0.435 e. The Kier molecular flexibility index (Phi) is 7.29. The van der Waals surface area contributed by atoms with Gasteiger partial charge in [0.25, 0.3) is 5.91 Å². The predicted octanol–water partition coefficient (Wildman–Crippen LogP) is 6.63. The van der Waals surface area contributed by atoms with E-state index in [-0.39, 0.29) is 29.1 Å². The number of amides is 2. The fraction of sp³-hybridized carbons (Fsp3) is 0.222. The summed E-state index contributed by atoms with van der Waals surface area (Å²) in [6.45, 7) is 0. The van der Waals surface area contributed by atoms with Crippen molar-refractivity contribution in [3.05, 3.63) is 51.5 Å². The van der Waals surface area contributed by atoms with Crippen molar-refractivity contribution in [1.82, 2.24) is 0 Å². The molecular weight excluding hydrogens is 512 g/mol. The summed E-state index contributed by atoms with van der Waals surface area (Å²) in [6, 6.07) is 3.72. The van der Waals surface area contributed by atoms with Crippen LogP contribution >= 0.6 is 23.2 Å². The molecule has 6 nitrogen and oxygen atoms in total. The fourth-order valence-electron chi connectivity index (χ4n) is 2.71. The van der Waals surface area contributed by atoms with Gasteiger partial charge < -0.3 is 15.2 Å². The van der Waals surface area contributed by atoms with Gasteiger partial charge in [-0.1, -0.05) is 29.3 Å². The molecule has 2 rings (SSSR count). The van der Waals surface area contributed by atoms with Crippen LogP contribution in [0.5, 0.6) is 5.75 Å². The maximum absolute atomic E-state index is 14.3. The number of benzene rings is 2. The molecule has 2 aromatic rings. The van der Waals surface area contributed by atoms with E-state index < -0.39 is 51.3 Å². The van der Waals surface area contributed by atoms with Crippen molar-refractivity contribution in [3.8, 4) is 5.75 Å². The van der Waals surface area contributed by atoms with Crippen LogP contribution in [0.4, 0.5) is 46.9 Å². The van der Waals surface area contributed by atoms with E-state index in [2.05, 4.69) is 5.32 Å². The molecule has 0 aliphatic carbocycles. The Morgan fingerprint density at radius 1 is 0.939 bits per heavy atom. The van der Waals surface area contributed by atoms with Crippen molar-refractivity contribution in [2.75, 3.05) is 17.7 Å². The molecule has 0 fully saturated rings. The number of methoxy groups -OCH3 is 1. The monoisotopic (exact) mass is 522 g/mol. The molecule has 0 aliphatic heterocycles.